The highest BCUT2D eigenvalue weighted by Gasteiger charge is 2.30. The summed E-state index contributed by atoms with van der Waals surface area (Å²) in [5.74, 6) is 0.717. The smallest absolute Gasteiger partial charge is 0.190 e. The first-order valence-electron chi connectivity index (χ1n) is 7.69. The molecule has 0 saturated heterocycles. The van der Waals surface area contributed by atoms with Gasteiger partial charge in [0.25, 0.3) is 0 Å². The van der Waals surface area contributed by atoms with E-state index in [0.717, 1.165) is 11.3 Å². The lowest BCUT2D eigenvalue weighted by Crippen LogP contribution is -2.23. The van der Waals surface area contributed by atoms with E-state index in [9.17, 15) is 9.59 Å². The van der Waals surface area contributed by atoms with E-state index < -0.39 is 0 Å². The number of hydrogen-bond acceptors (Lipinski definition) is 3. The van der Waals surface area contributed by atoms with Crippen molar-refractivity contribution in [2.45, 2.75) is 19.8 Å². The van der Waals surface area contributed by atoms with Crippen LogP contribution in [0.3, 0.4) is 0 Å². The predicted molar refractivity (Wildman–Crippen MR) is 89.1 cm³/mol. The maximum absolute atomic E-state index is 12.8. The Morgan fingerprint density at radius 1 is 0.826 bits per heavy atom. The molecule has 0 aromatic heterocycles. The second-order valence-corrected chi connectivity index (χ2v) is 5.54. The third-order valence-electron chi connectivity index (χ3n) is 4.22. The van der Waals surface area contributed by atoms with E-state index in [-0.39, 0.29) is 11.6 Å². The number of ether oxygens (including phenoxy) is 1. The van der Waals surface area contributed by atoms with Crippen molar-refractivity contribution in [1.82, 2.24) is 0 Å². The molecular formula is C20H18O3. The molecule has 1 aliphatic carbocycles. The molecular weight excluding hydrogens is 288 g/mol. The van der Waals surface area contributed by atoms with E-state index in [4.69, 9.17) is 4.74 Å². The van der Waals surface area contributed by atoms with Crippen molar-refractivity contribution in [2.24, 2.45) is 0 Å². The van der Waals surface area contributed by atoms with Crippen LogP contribution in [-0.4, -0.2) is 18.7 Å². The Bertz CT molecular complexity index is 798. The Morgan fingerprint density at radius 3 is 1.91 bits per heavy atom. The number of carbonyl (C=O) groups excluding carboxylic acids is 2. The normalized spacial score (nSPS) is 14.0. The molecule has 0 unspecified atom stereocenters. The maximum atomic E-state index is 12.8. The molecule has 23 heavy (non-hydrogen) atoms. The van der Waals surface area contributed by atoms with Crippen LogP contribution in [0.4, 0.5) is 0 Å². The monoisotopic (exact) mass is 306 g/mol. The molecule has 0 saturated carbocycles. The number of benzene rings is 2. The van der Waals surface area contributed by atoms with Crippen molar-refractivity contribution in [2.75, 3.05) is 7.11 Å². The quantitative estimate of drug-likeness (QED) is 0.856. The minimum absolute atomic E-state index is 0.0220. The molecule has 116 valence electrons. The number of rotatable bonds is 4. The molecule has 3 rings (SSSR count). The first kappa shape index (κ1) is 15.2. The summed E-state index contributed by atoms with van der Waals surface area (Å²) in [4.78, 5) is 25.5. The van der Waals surface area contributed by atoms with Crippen molar-refractivity contribution in [3.8, 4) is 5.75 Å². The Kier molecular flexibility index (Phi) is 4.11. The van der Waals surface area contributed by atoms with Crippen LogP contribution in [0.15, 0.2) is 59.7 Å². The number of ketones is 2. The lowest BCUT2D eigenvalue weighted by molar-refractivity contribution is 0.0970. The van der Waals surface area contributed by atoms with Crippen LogP contribution in [0.5, 0.6) is 5.75 Å². The summed E-state index contributed by atoms with van der Waals surface area (Å²) in [6.45, 7) is 1.92. The highest BCUT2D eigenvalue weighted by molar-refractivity contribution is 6.27. The molecule has 0 amide bonds. The van der Waals surface area contributed by atoms with Crippen LogP contribution in [0.1, 0.15) is 39.6 Å². The second kappa shape index (κ2) is 6.21. The number of hydrogen-bond donors (Lipinski definition) is 0. The van der Waals surface area contributed by atoms with Gasteiger partial charge < -0.3 is 4.74 Å². The minimum atomic E-state index is -0.0344. The van der Waals surface area contributed by atoms with E-state index in [1.165, 1.54) is 0 Å². The zero-order chi connectivity index (χ0) is 16.4. The number of Topliss-reactive ketones (excluding diaryl/α,β-unsaturated/α-hetero) is 2. The average molecular weight is 306 g/mol. The van der Waals surface area contributed by atoms with Gasteiger partial charge in [0.2, 0.25) is 0 Å². The number of fused-ring (bicyclic) bond motifs is 1. The van der Waals surface area contributed by atoms with Crippen molar-refractivity contribution in [1.29, 1.82) is 0 Å². The van der Waals surface area contributed by atoms with Crippen LogP contribution in [-0.2, 0) is 6.42 Å². The van der Waals surface area contributed by atoms with Crippen molar-refractivity contribution in [3.63, 3.8) is 0 Å². The molecule has 0 N–H and O–H groups in total. The highest BCUT2D eigenvalue weighted by atomic mass is 16.5. The van der Waals surface area contributed by atoms with Gasteiger partial charge in [0.15, 0.2) is 11.6 Å². The molecule has 0 radical (unpaired) electrons. The third-order valence-corrected chi connectivity index (χ3v) is 4.22. The second-order valence-electron chi connectivity index (χ2n) is 5.54. The molecule has 0 aliphatic heterocycles. The molecule has 0 heterocycles. The molecule has 3 heteroatoms. The molecule has 0 bridgehead atoms. The lowest BCUT2D eigenvalue weighted by Gasteiger charge is -2.20. The van der Waals surface area contributed by atoms with Crippen LogP contribution in [0.2, 0.25) is 0 Å². The molecule has 2 aromatic carbocycles. The molecule has 3 nitrogen and oxygen atoms in total. The fraction of sp³-hybridized carbons (Fsp3) is 0.200. The van der Waals surface area contributed by atoms with E-state index in [0.29, 0.717) is 35.1 Å². The van der Waals surface area contributed by atoms with Gasteiger partial charge in [-0.05, 0) is 24.1 Å². The Morgan fingerprint density at radius 2 is 1.39 bits per heavy atom. The van der Waals surface area contributed by atoms with E-state index >= 15 is 0 Å². The van der Waals surface area contributed by atoms with Gasteiger partial charge in [-0.3, -0.25) is 9.59 Å². The number of methoxy groups -OCH3 is 1. The number of allylic oxidation sites excluding steroid dienone is 2. The van der Waals surface area contributed by atoms with Gasteiger partial charge in [-0.2, -0.15) is 0 Å². The molecule has 0 fully saturated rings. The van der Waals surface area contributed by atoms with Gasteiger partial charge in [-0.1, -0.05) is 43.3 Å². The van der Waals surface area contributed by atoms with Crippen LogP contribution in [0.25, 0.3) is 0 Å². The SMILES string of the molecule is CCC1=C(Cc2ccc(OC)cc2)C(=O)c2ccccc2C1=O. The average Bonchev–Trinajstić information content (AvgIpc) is 2.60. The summed E-state index contributed by atoms with van der Waals surface area (Å²) in [5, 5.41) is 0. The van der Waals surface area contributed by atoms with Crippen molar-refractivity contribution in [3.05, 3.63) is 76.4 Å². The molecule has 0 atom stereocenters. The summed E-state index contributed by atoms with van der Waals surface area (Å²) < 4.78 is 5.15. The van der Waals surface area contributed by atoms with Gasteiger partial charge in [0.05, 0.1) is 7.11 Å². The topological polar surface area (TPSA) is 43.4 Å². The summed E-state index contributed by atoms with van der Waals surface area (Å²) in [5.41, 5.74) is 3.27. The summed E-state index contributed by atoms with van der Waals surface area (Å²) in [6.07, 6.45) is 1.02. The van der Waals surface area contributed by atoms with Gasteiger partial charge in [0.1, 0.15) is 5.75 Å². The van der Waals surface area contributed by atoms with Crippen LogP contribution in [0, 0.1) is 0 Å². The lowest BCUT2D eigenvalue weighted by atomic mass is 9.81. The standard InChI is InChI=1S/C20H18O3/c1-3-15-18(12-13-8-10-14(23-2)11-9-13)20(22)17-7-5-4-6-16(17)19(15)21/h4-11H,3,12H2,1-2H3. The van der Waals surface area contributed by atoms with Gasteiger partial charge in [-0.25, -0.2) is 0 Å². The first-order chi connectivity index (χ1) is 11.2. The zero-order valence-electron chi connectivity index (χ0n) is 13.3. The van der Waals surface area contributed by atoms with Crippen molar-refractivity contribution < 1.29 is 14.3 Å². The van der Waals surface area contributed by atoms with Gasteiger partial charge in [-0.15, -0.1) is 0 Å². The number of carbonyl (C=O) groups is 2. The minimum Gasteiger partial charge on any atom is -0.497 e. The van der Waals surface area contributed by atoms with E-state index in [1.807, 2.05) is 31.2 Å². The first-order valence-corrected chi connectivity index (χ1v) is 7.69. The summed E-state index contributed by atoms with van der Waals surface area (Å²) in [7, 11) is 1.62. The van der Waals surface area contributed by atoms with Crippen LogP contribution >= 0.6 is 0 Å². The van der Waals surface area contributed by atoms with E-state index in [2.05, 4.69) is 0 Å². The Balaban J connectivity index is 2.01. The molecule has 0 spiro atoms. The Labute approximate surface area is 135 Å². The zero-order valence-corrected chi connectivity index (χ0v) is 13.3. The van der Waals surface area contributed by atoms with E-state index in [1.54, 1.807) is 31.4 Å². The highest BCUT2D eigenvalue weighted by Crippen LogP contribution is 2.30. The Hall–Kier alpha value is -2.68. The van der Waals surface area contributed by atoms with Crippen molar-refractivity contribution >= 4 is 11.6 Å². The maximum Gasteiger partial charge on any atom is 0.190 e. The predicted octanol–water partition coefficient (Wildman–Crippen LogP) is 4.02. The summed E-state index contributed by atoms with van der Waals surface area (Å²) in [6, 6.07) is 14.6. The fourth-order valence-electron chi connectivity index (χ4n) is 2.99. The molecule has 1 aliphatic rings. The van der Waals surface area contributed by atoms with Gasteiger partial charge >= 0.3 is 0 Å². The summed E-state index contributed by atoms with van der Waals surface area (Å²) >= 11 is 0. The van der Waals surface area contributed by atoms with Crippen LogP contribution < -0.4 is 4.74 Å². The fourth-order valence-corrected chi connectivity index (χ4v) is 2.99. The largest absolute Gasteiger partial charge is 0.497 e. The third kappa shape index (κ3) is 2.70. The van der Waals surface area contributed by atoms with Gasteiger partial charge in [0, 0.05) is 28.7 Å². The molecule has 2 aromatic rings.